The summed E-state index contributed by atoms with van der Waals surface area (Å²) >= 11 is 0. The molecule has 0 aliphatic heterocycles. The van der Waals surface area contributed by atoms with E-state index < -0.39 is 97.5 Å². The smallest absolute Gasteiger partial charge is 0.462 e. The van der Waals surface area contributed by atoms with Crippen LogP contribution >= 0.6 is 15.6 Å². The van der Waals surface area contributed by atoms with Gasteiger partial charge in [0.2, 0.25) is 0 Å². The van der Waals surface area contributed by atoms with Crippen molar-refractivity contribution in [2.24, 2.45) is 23.7 Å². The van der Waals surface area contributed by atoms with Gasteiger partial charge in [-0.15, -0.1) is 0 Å². The van der Waals surface area contributed by atoms with Gasteiger partial charge in [0.15, 0.2) is 12.2 Å². The minimum Gasteiger partial charge on any atom is -0.462 e. The molecule has 90 heavy (non-hydrogen) atoms. The average Bonchev–Trinajstić information content (AvgIpc) is 2.95. The van der Waals surface area contributed by atoms with Crippen LogP contribution in [0.1, 0.15) is 351 Å². The summed E-state index contributed by atoms with van der Waals surface area (Å²) < 4.78 is 68.3. The summed E-state index contributed by atoms with van der Waals surface area (Å²) in [6, 6.07) is 0. The van der Waals surface area contributed by atoms with Gasteiger partial charge in [-0.25, -0.2) is 9.13 Å². The number of unbranched alkanes of at least 4 members (excludes halogenated alkanes) is 33. The van der Waals surface area contributed by atoms with Gasteiger partial charge in [0.1, 0.15) is 19.3 Å². The normalized spacial score (nSPS) is 14.6. The largest absolute Gasteiger partial charge is 0.472 e. The van der Waals surface area contributed by atoms with Gasteiger partial charge in [-0.05, 0) is 49.4 Å². The second-order valence-corrected chi connectivity index (χ2v) is 30.2. The summed E-state index contributed by atoms with van der Waals surface area (Å²) in [5, 5.41) is 10.6. The molecular weight excluding hydrogens is 1190 g/mol. The summed E-state index contributed by atoms with van der Waals surface area (Å²) in [6.07, 6.45) is 43.3. The highest BCUT2D eigenvalue weighted by Gasteiger charge is 2.30. The van der Waals surface area contributed by atoms with Crippen molar-refractivity contribution in [1.82, 2.24) is 0 Å². The number of hydrogen-bond donors (Lipinski definition) is 3. The van der Waals surface area contributed by atoms with Gasteiger partial charge >= 0.3 is 39.5 Å². The van der Waals surface area contributed by atoms with E-state index in [0.717, 1.165) is 114 Å². The molecule has 0 aromatic carbocycles. The molecule has 0 fully saturated rings. The summed E-state index contributed by atoms with van der Waals surface area (Å²) in [4.78, 5) is 72.5. The summed E-state index contributed by atoms with van der Waals surface area (Å²) in [7, 11) is -9.90. The standard InChI is InChI=1S/C71H138O17P2/c1-9-64(8)50-42-34-29-30-36-44-52-69(74)82-58-67(87-70(75)53-45-37-27-19-17-15-13-11-10-12-14-16-18-23-31-39-47-61(2)3)60-86-90(79,80)84-56-65(72)55-83-89(77,78)85-59-66(88-71(76)54-46-38-28-22-25-33-41-49-63(6)7)57-81-68(73)51-43-35-26-21-20-24-32-40-48-62(4)5/h61-67,72H,9-60H2,1-8H3,(H,77,78)(H,79,80)/t64?,65-,66-,67-/m1/s1. The molecule has 3 N–H and O–H groups in total. The first-order valence-corrected chi connectivity index (χ1v) is 39.7. The molecule has 0 aromatic rings. The van der Waals surface area contributed by atoms with Crippen LogP contribution in [0.15, 0.2) is 0 Å². The lowest BCUT2D eigenvalue weighted by atomic mass is 10.00. The number of phosphoric acid groups is 2. The van der Waals surface area contributed by atoms with E-state index in [1.165, 1.54) is 148 Å². The zero-order valence-corrected chi connectivity index (χ0v) is 60.6. The SMILES string of the molecule is CCC(C)CCCCCCCCC(=O)OC[C@H](COP(=O)(O)OC[C@H](O)COP(=O)(O)OC[C@@H](COC(=O)CCCCCCCCCCC(C)C)OC(=O)CCCCCCCCCC(C)C)OC(=O)CCCCCCCCCCCCCCCCCCC(C)C. The number of esters is 4. The third-order valence-corrected chi connectivity index (χ3v) is 18.6. The Bertz CT molecular complexity index is 1780. The van der Waals surface area contributed by atoms with Crippen molar-refractivity contribution in [2.75, 3.05) is 39.6 Å². The topological polar surface area (TPSA) is 237 Å². The molecule has 0 saturated carbocycles. The molecule has 17 nitrogen and oxygen atoms in total. The van der Waals surface area contributed by atoms with Crippen molar-refractivity contribution in [1.29, 1.82) is 0 Å². The monoisotopic (exact) mass is 1320 g/mol. The number of aliphatic hydroxyl groups excluding tert-OH is 1. The third-order valence-electron chi connectivity index (χ3n) is 16.7. The van der Waals surface area contributed by atoms with Gasteiger partial charge in [-0.1, -0.05) is 299 Å². The fraction of sp³-hybridized carbons (Fsp3) is 0.944. The Hall–Kier alpha value is -1.94. The molecule has 0 saturated heterocycles. The van der Waals surface area contributed by atoms with Crippen LogP contribution in [0.5, 0.6) is 0 Å². The fourth-order valence-corrected chi connectivity index (χ4v) is 12.2. The zero-order chi connectivity index (χ0) is 66.8. The Morgan fingerprint density at radius 1 is 0.311 bits per heavy atom. The molecule has 0 aliphatic rings. The Morgan fingerprint density at radius 2 is 0.533 bits per heavy atom. The molecule has 0 bridgehead atoms. The van der Waals surface area contributed by atoms with Crippen molar-refractivity contribution in [3.05, 3.63) is 0 Å². The molecule has 6 atom stereocenters. The molecule has 0 aromatic heterocycles. The van der Waals surface area contributed by atoms with E-state index in [0.29, 0.717) is 31.6 Å². The molecule has 0 rings (SSSR count). The van der Waals surface area contributed by atoms with Gasteiger partial charge in [0.05, 0.1) is 26.4 Å². The first-order valence-electron chi connectivity index (χ1n) is 36.7. The first kappa shape index (κ1) is 88.1. The predicted octanol–water partition coefficient (Wildman–Crippen LogP) is 20.1. The second kappa shape index (κ2) is 60.7. The lowest BCUT2D eigenvalue weighted by Crippen LogP contribution is -2.30. The molecule has 3 unspecified atom stereocenters. The Morgan fingerprint density at radius 3 is 0.789 bits per heavy atom. The van der Waals surface area contributed by atoms with Gasteiger partial charge in [-0.3, -0.25) is 37.3 Å². The van der Waals surface area contributed by atoms with E-state index in [2.05, 4.69) is 55.4 Å². The maximum Gasteiger partial charge on any atom is 0.472 e. The highest BCUT2D eigenvalue weighted by Crippen LogP contribution is 2.45. The van der Waals surface area contributed by atoms with E-state index in [-0.39, 0.29) is 25.7 Å². The van der Waals surface area contributed by atoms with Crippen molar-refractivity contribution in [3.63, 3.8) is 0 Å². The number of aliphatic hydroxyl groups is 1. The highest BCUT2D eigenvalue weighted by atomic mass is 31.2. The molecule has 0 spiro atoms. The molecule has 19 heteroatoms. The average molecular weight is 1330 g/mol. The predicted molar refractivity (Wildman–Crippen MR) is 363 cm³/mol. The number of carbonyl (C=O) groups excluding carboxylic acids is 4. The van der Waals surface area contributed by atoms with Gasteiger partial charge in [0.25, 0.3) is 0 Å². The van der Waals surface area contributed by atoms with Crippen LogP contribution < -0.4 is 0 Å². The van der Waals surface area contributed by atoms with Crippen LogP contribution in [0.3, 0.4) is 0 Å². The van der Waals surface area contributed by atoms with Crippen molar-refractivity contribution >= 4 is 39.5 Å². The minimum absolute atomic E-state index is 0.102. The van der Waals surface area contributed by atoms with Crippen LogP contribution in [0, 0.1) is 23.7 Å². The van der Waals surface area contributed by atoms with Crippen LogP contribution in [-0.4, -0.2) is 96.7 Å². The second-order valence-electron chi connectivity index (χ2n) is 27.3. The first-order chi connectivity index (χ1) is 43.1. The quantitative estimate of drug-likeness (QED) is 0.0222. The van der Waals surface area contributed by atoms with Crippen LogP contribution in [-0.2, 0) is 65.4 Å². The van der Waals surface area contributed by atoms with E-state index in [4.69, 9.17) is 37.0 Å². The van der Waals surface area contributed by atoms with Gasteiger partial charge in [0, 0.05) is 25.7 Å². The van der Waals surface area contributed by atoms with E-state index in [1.54, 1.807) is 0 Å². The van der Waals surface area contributed by atoms with E-state index in [9.17, 15) is 43.2 Å². The molecular formula is C71H138O17P2. The Labute approximate surface area is 549 Å². The zero-order valence-electron chi connectivity index (χ0n) is 58.8. The minimum atomic E-state index is -4.95. The van der Waals surface area contributed by atoms with E-state index in [1.807, 2.05) is 0 Å². The molecule has 0 aliphatic carbocycles. The third kappa shape index (κ3) is 63.5. The van der Waals surface area contributed by atoms with Crippen molar-refractivity contribution < 1.29 is 80.2 Å². The van der Waals surface area contributed by atoms with Crippen molar-refractivity contribution in [2.45, 2.75) is 369 Å². The van der Waals surface area contributed by atoms with Gasteiger partial charge < -0.3 is 33.8 Å². The lowest BCUT2D eigenvalue weighted by molar-refractivity contribution is -0.161. The van der Waals surface area contributed by atoms with Crippen LogP contribution in [0.4, 0.5) is 0 Å². The Balaban J connectivity index is 5.20. The number of ether oxygens (including phenoxy) is 4. The Kier molecular flexibility index (Phi) is 59.4. The summed E-state index contributed by atoms with van der Waals surface area (Å²) in [5.41, 5.74) is 0. The van der Waals surface area contributed by atoms with Crippen LogP contribution in [0.2, 0.25) is 0 Å². The molecule has 0 heterocycles. The molecule has 0 amide bonds. The molecule has 0 radical (unpaired) electrons. The van der Waals surface area contributed by atoms with Gasteiger partial charge in [-0.2, -0.15) is 0 Å². The summed E-state index contributed by atoms with van der Waals surface area (Å²) in [5.74, 6) is 0.830. The number of carbonyl (C=O) groups is 4. The maximum atomic E-state index is 13.0. The fourth-order valence-electron chi connectivity index (χ4n) is 10.6. The van der Waals surface area contributed by atoms with E-state index >= 15 is 0 Å². The van der Waals surface area contributed by atoms with Crippen LogP contribution in [0.25, 0.3) is 0 Å². The number of hydrogen-bond acceptors (Lipinski definition) is 15. The lowest BCUT2D eigenvalue weighted by Gasteiger charge is -2.21. The number of phosphoric ester groups is 2. The van der Waals surface area contributed by atoms with Crippen molar-refractivity contribution in [3.8, 4) is 0 Å². The number of rotatable bonds is 68. The highest BCUT2D eigenvalue weighted by molar-refractivity contribution is 7.47. The maximum absolute atomic E-state index is 13.0. The summed E-state index contributed by atoms with van der Waals surface area (Å²) in [6.45, 7) is 14.0. The molecule has 534 valence electrons.